The first-order valence-electron chi connectivity index (χ1n) is 5.98. The second-order valence-electron chi connectivity index (χ2n) is 4.82. The van der Waals surface area contributed by atoms with Crippen molar-refractivity contribution < 1.29 is 4.79 Å². The number of rotatable bonds is 1. The van der Waals surface area contributed by atoms with Gasteiger partial charge in [0.2, 0.25) is 0 Å². The van der Waals surface area contributed by atoms with Crippen LogP contribution in [0, 0.1) is 11.8 Å². The Morgan fingerprint density at radius 2 is 2.22 bits per heavy atom. The summed E-state index contributed by atoms with van der Waals surface area (Å²) in [5.41, 5.74) is 0. The summed E-state index contributed by atoms with van der Waals surface area (Å²) in [4.78, 5) is 15.2. The molecule has 0 bridgehead atoms. The first-order valence-corrected chi connectivity index (χ1v) is 7.66. The van der Waals surface area contributed by atoms with Gasteiger partial charge in [-0.2, -0.15) is 0 Å². The van der Waals surface area contributed by atoms with Gasteiger partial charge in [0.15, 0.2) is 0 Å². The van der Waals surface area contributed by atoms with Crippen molar-refractivity contribution in [2.75, 3.05) is 26.2 Å². The monoisotopic (exact) mass is 350 g/mol. The summed E-state index contributed by atoms with van der Waals surface area (Å²) in [7, 11) is 0. The summed E-state index contributed by atoms with van der Waals surface area (Å²) in [5.74, 6) is 1.63. The Morgan fingerprint density at radius 1 is 1.44 bits per heavy atom. The molecule has 0 aliphatic carbocycles. The van der Waals surface area contributed by atoms with Crippen LogP contribution in [0.15, 0.2) is 15.9 Å². The first kappa shape index (κ1) is 14.3. The van der Waals surface area contributed by atoms with Gasteiger partial charge in [-0.3, -0.25) is 4.79 Å². The predicted octanol–water partition coefficient (Wildman–Crippen LogP) is 2.61. The number of halogens is 2. The third-order valence-electron chi connectivity index (χ3n) is 3.80. The Kier molecular flexibility index (Phi) is 4.69. The summed E-state index contributed by atoms with van der Waals surface area (Å²) in [6.07, 6.45) is 1.15. The van der Waals surface area contributed by atoms with Crippen LogP contribution >= 0.6 is 39.7 Å². The molecule has 3 rings (SSSR count). The average Bonchev–Trinajstić information content (AvgIpc) is 2.95. The number of hydrogen-bond acceptors (Lipinski definition) is 3. The minimum atomic E-state index is 0. The normalized spacial score (nSPS) is 26.6. The first-order chi connectivity index (χ1) is 8.25. The Bertz CT molecular complexity index is 439. The van der Waals surface area contributed by atoms with Crippen LogP contribution in [-0.2, 0) is 0 Å². The van der Waals surface area contributed by atoms with Crippen LogP contribution in [0.2, 0.25) is 0 Å². The highest BCUT2D eigenvalue weighted by Gasteiger charge is 2.35. The van der Waals surface area contributed by atoms with E-state index in [1.54, 1.807) is 0 Å². The van der Waals surface area contributed by atoms with E-state index in [2.05, 4.69) is 21.2 Å². The smallest absolute Gasteiger partial charge is 0.265 e. The van der Waals surface area contributed by atoms with E-state index in [1.165, 1.54) is 11.3 Å². The third kappa shape index (κ3) is 2.59. The lowest BCUT2D eigenvalue weighted by atomic mass is 9.88. The van der Waals surface area contributed by atoms with Crippen molar-refractivity contribution >= 4 is 45.6 Å². The molecular formula is C12H16BrClN2OS. The lowest BCUT2D eigenvalue weighted by Crippen LogP contribution is -2.43. The Hall–Kier alpha value is -0.100. The maximum absolute atomic E-state index is 12.4. The van der Waals surface area contributed by atoms with Crippen molar-refractivity contribution in [3.05, 3.63) is 20.8 Å². The molecule has 1 aromatic heterocycles. The van der Waals surface area contributed by atoms with E-state index in [1.807, 2.05) is 16.3 Å². The molecular weight excluding hydrogens is 336 g/mol. The summed E-state index contributed by atoms with van der Waals surface area (Å²) in [5, 5.41) is 5.38. The number of carbonyl (C=O) groups is 1. The van der Waals surface area contributed by atoms with Gasteiger partial charge < -0.3 is 10.2 Å². The van der Waals surface area contributed by atoms with Gasteiger partial charge in [0.25, 0.3) is 5.91 Å². The molecule has 3 nitrogen and oxygen atoms in total. The number of fused-ring (bicyclic) bond motifs is 1. The van der Waals surface area contributed by atoms with E-state index in [9.17, 15) is 4.79 Å². The van der Waals surface area contributed by atoms with Gasteiger partial charge in [-0.1, -0.05) is 0 Å². The van der Waals surface area contributed by atoms with Crippen molar-refractivity contribution in [2.45, 2.75) is 6.42 Å². The van der Waals surface area contributed by atoms with Gasteiger partial charge >= 0.3 is 0 Å². The minimum Gasteiger partial charge on any atom is -0.338 e. The molecule has 0 saturated carbocycles. The number of hydrogen-bond donors (Lipinski definition) is 1. The molecule has 18 heavy (non-hydrogen) atoms. The fourth-order valence-corrected chi connectivity index (χ4v) is 4.32. The summed E-state index contributed by atoms with van der Waals surface area (Å²) < 4.78 is 0.930. The Balaban J connectivity index is 0.00000120. The van der Waals surface area contributed by atoms with E-state index in [-0.39, 0.29) is 18.3 Å². The van der Waals surface area contributed by atoms with Crippen molar-refractivity contribution in [1.82, 2.24) is 10.2 Å². The van der Waals surface area contributed by atoms with Gasteiger partial charge in [0.05, 0.1) is 0 Å². The highest BCUT2D eigenvalue weighted by Crippen LogP contribution is 2.30. The third-order valence-corrected chi connectivity index (χ3v) is 5.63. The van der Waals surface area contributed by atoms with E-state index in [0.717, 1.165) is 47.9 Å². The molecule has 0 aromatic carbocycles. The minimum absolute atomic E-state index is 0. The maximum Gasteiger partial charge on any atom is 0.265 e. The number of amides is 1. The lowest BCUT2D eigenvalue weighted by molar-refractivity contribution is 0.0646. The van der Waals surface area contributed by atoms with E-state index >= 15 is 0 Å². The van der Waals surface area contributed by atoms with Crippen molar-refractivity contribution in [1.29, 1.82) is 0 Å². The van der Waals surface area contributed by atoms with Crippen molar-refractivity contribution in [3.63, 3.8) is 0 Å². The molecule has 1 N–H and O–H groups in total. The topological polar surface area (TPSA) is 32.3 Å². The summed E-state index contributed by atoms with van der Waals surface area (Å²) in [6.45, 7) is 4.03. The molecule has 0 radical (unpaired) electrons. The van der Waals surface area contributed by atoms with Gasteiger partial charge in [-0.25, -0.2) is 0 Å². The van der Waals surface area contributed by atoms with Crippen molar-refractivity contribution in [2.24, 2.45) is 11.8 Å². The molecule has 100 valence electrons. The number of thiophene rings is 1. The zero-order valence-corrected chi connectivity index (χ0v) is 13.1. The highest BCUT2D eigenvalue weighted by molar-refractivity contribution is 9.10. The average molecular weight is 352 g/mol. The number of carbonyl (C=O) groups excluding carboxylic acids is 1. The largest absolute Gasteiger partial charge is 0.338 e. The predicted molar refractivity (Wildman–Crippen MR) is 79.6 cm³/mol. The van der Waals surface area contributed by atoms with Crippen LogP contribution in [-0.4, -0.2) is 37.0 Å². The van der Waals surface area contributed by atoms with Crippen LogP contribution in [0.5, 0.6) is 0 Å². The van der Waals surface area contributed by atoms with Gasteiger partial charge in [0.1, 0.15) is 4.88 Å². The SMILES string of the molecule is Cl.O=C(c1sccc1Br)N1CCC2CNCC2C1. The molecule has 2 fully saturated rings. The lowest BCUT2D eigenvalue weighted by Gasteiger charge is -2.34. The van der Waals surface area contributed by atoms with E-state index in [4.69, 9.17) is 0 Å². The van der Waals surface area contributed by atoms with Gasteiger partial charge in [0, 0.05) is 17.6 Å². The molecule has 2 saturated heterocycles. The van der Waals surface area contributed by atoms with Gasteiger partial charge in [-0.15, -0.1) is 23.7 Å². The number of likely N-dealkylation sites (tertiary alicyclic amines) is 1. The van der Waals surface area contributed by atoms with Crippen LogP contribution in [0.4, 0.5) is 0 Å². The zero-order chi connectivity index (χ0) is 11.8. The molecule has 2 atom stereocenters. The molecule has 6 heteroatoms. The fraction of sp³-hybridized carbons (Fsp3) is 0.583. The van der Waals surface area contributed by atoms with Crippen LogP contribution < -0.4 is 5.32 Å². The Labute approximate surface area is 125 Å². The molecule has 3 heterocycles. The van der Waals surface area contributed by atoms with Crippen LogP contribution in [0.3, 0.4) is 0 Å². The quantitative estimate of drug-likeness (QED) is 0.843. The second-order valence-corrected chi connectivity index (χ2v) is 6.59. The molecule has 1 aromatic rings. The summed E-state index contributed by atoms with van der Waals surface area (Å²) in [6, 6.07) is 1.95. The standard InChI is InChI=1S/C12H15BrN2OS.ClH/c13-10-2-4-17-11(10)12(16)15-3-1-8-5-14-6-9(8)7-15;/h2,4,8-9,14H,1,3,5-7H2;1H. The van der Waals surface area contributed by atoms with E-state index in [0.29, 0.717) is 5.92 Å². The number of piperidine rings is 1. The fourth-order valence-electron chi connectivity index (χ4n) is 2.81. The maximum atomic E-state index is 12.4. The number of nitrogens with zero attached hydrogens (tertiary/aromatic N) is 1. The zero-order valence-electron chi connectivity index (χ0n) is 9.89. The van der Waals surface area contributed by atoms with Crippen LogP contribution in [0.1, 0.15) is 16.1 Å². The van der Waals surface area contributed by atoms with E-state index < -0.39 is 0 Å². The van der Waals surface area contributed by atoms with Crippen molar-refractivity contribution in [3.8, 4) is 0 Å². The van der Waals surface area contributed by atoms with Gasteiger partial charge in [-0.05, 0) is 58.7 Å². The Morgan fingerprint density at radius 3 is 2.94 bits per heavy atom. The molecule has 2 unspecified atom stereocenters. The van der Waals surface area contributed by atoms with Crippen LogP contribution in [0.25, 0.3) is 0 Å². The summed E-state index contributed by atoms with van der Waals surface area (Å²) >= 11 is 4.96. The molecule has 0 spiro atoms. The molecule has 2 aliphatic heterocycles. The number of nitrogens with one attached hydrogen (secondary N) is 1. The highest BCUT2D eigenvalue weighted by atomic mass is 79.9. The molecule has 2 aliphatic rings. The second kappa shape index (κ2) is 5.90. The molecule has 1 amide bonds.